The molecule has 1 aromatic carbocycles. The van der Waals surface area contributed by atoms with Gasteiger partial charge in [-0.1, -0.05) is 0 Å². The van der Waals surface area contributed by atoms with E-state index in [2.05, 4.69) is 30.0 Å². The number of pyridine rings is 2. The molecule has 1 fully saturated rings. The molecule has 2 aliphatic heterocycles. The van der Waals surface area contributed by atoms with Crippen LogP contribution in [0, 0.1) is 18.6 Å². The summed E-state index contributed by atoms with van der Waals surface area (Å²) in [6.07, 6.45) is -1.50. The molecule has 0 unspecified atom stereocenters. The summed E-state index contributed by atoms with van der Waals surface area (Å²) in [7, 11) is 1.97. The van der Waals surface area contributed by atoms with Crippen LogP contribution < -0.4 is 20.1 Å². The van der Waals surface area contributed by atoms with Crippen molar-refractivity contribution in [3.63, 3.8) is 0 Å². The third-order valence-corrected chi connectivity index (χ3v) is 9.70. The SMILES string of the molecule is Cc1cc2[nH]ncc2c(-c2nc3c4c(nc(OC[C@H]5CCCN5C)nc4c2F)N([C@H](C)c2cc(F)cnc2N)[C@@H](C)[C@H](C)O3)c1C(F)(F)F. The van der Waals surface area contributed by atoms with Crippen molar-refractivity contribution >= 4 is 33.4 Å². The van der Waals surface area contributed by atoms with Crippen molar-refractivity contribution in [2.75, 3.05) is 30.8 Å². The summed E-state index contributed by atoms with van der Waals surface area (Å²) >= 11 is 0. The Morgan fingerprint density at radius 1 is 1.14 bits per heavy atom. The molecule has 0 saturated carbocycles. The molecular formula is C33H34F5N9O2. The summed E-state index contributed by atoms with van der Waals surface area (Å²) in [6, 6.07) is 1.21. The molecule has 3 N–H and O–H groups in total. The Kier molecular flexibility index (Phi) is 7.95. The van der Waals surface area contributed by atoms with E-state index >= 15 is 4.39 Å². The number of nitrogens with two attached hydrogens (primary N) is 1. The van der Waals surface area contributed by atoms with Gasteiger partial charge >= 0.3 is 12.2 Å². The number of aromatic amines is 1. The van der Waals surface area contributed by atoms with Crippen molar-refractivity contribution in [2.45, 2.75) is 70.9 Å². The van der Waals surface area contributed by atoms with E-state index in [0.717, 1.165) is 25.6 Å². The number of fused-ring (bicyclic) bond motifs is 1. The number of nitrogens with one attached hydrogen (secondary N) is 1. The number of H-pyrrole nitrogens is 1. The van der Waals surface area contributed by atoms with Gasteiger partial charge in [0, 0.05) is 22.6 Å². The number of likely N-dealkylation sites (N-methyl/N-ethyl adjacent to an activating group) is 1. The van der Waals surface area contributed by atoms with Crippen molar-refractivity contribution in [1.29, 1.82) is 0 Å². The van der Waals surface area contributed by atoms with E-state index in [9.17, 15) is 17.6 Å². The lowest BCUT2D eigenvalue weighted by Crippen LogP contribution is -2.44. The highest BCUT2D eigenvalue weighted by molar-refractivity contribution is 6.02. The van der Waals surface area contributed by atoms with Crippen LogP contribution in [0.4, 0.5) is 33.6 Å². The van der Waals surface area contributed by atoms with Gasteiger partial charge in [-0.2, -0.15) is 28.2 Å². The van der Waals surface area contributed by atoms with Gasteiger partial charge in [-0.3, -0.25) is 5.10 Å². The van der Waals surface area contributed by atoms with Crippen LogP contribution in [-0.4, -0.2) is 73.4 Å². The van der Waals surface area contributed by atoms with Crippen LogP contribution in [0.15, 0.2) is 24.5 Å². The number of hydrogen-bond acceptors (Lipinski definition) is 10. The summed E-state index contributed by atoms with van der Waals surface area (Å²) in [5, 5.41) is 6.64. The van der Waals surface area contributed by atoms with Crippen molar-refractivity contribution in [1.82, 2.24) is 35.0 Å². The molecule has 0 radical (unpaired) electrons. The molecule has 258 valence electrons. The van der Waals surface area contributed by atoms with E-state index in [0.29, 0.717) is 5.56 Å². The molecule has 0 bridgehead atoms. The fourth-order valence-electron chi connectivity index (χ4n) is 6.98. The maximum absolute atomic E-state index is 17.1. The Balaban J connectivity index is 1.52. The number of aromatic nitrogens is 6. The lowest BCUT2D eigenvalue weighted by molar-refractivity contribution is -0.137. The number of anilines is 2. The molecule has 0 spiro atoms. The zero-order valence-corrected chi connectivity index (χ0v) is 27.4. The number of rotatable bonds is 6. The smallest absolute Gasteiger partial charge is 0.417 e. The molecule has 16 heteroatoms. The minimum absolute atomic E-state index is 0.0159. The second-order valence-electron chi connectivity index (χ2n) is 12.8. The third kappa shape index (κ3) is 5.51. The standard InChI is InChI=1S/C33H34F5N9O2/c1-14-9-22-21(12-41-45-22)23(25(14)33(36,37)38)27-26(35)28-24-30(44-32(43-28)48-13-19-7-6-8-46(19)5)47(15(2)17(4)49-31(24)42-27)16(3)20-10-18(34)11-40-29(20)39/h9-12,15-17,19H,6-8,13H2,1-5H3,(H2,39,40)(H,41,45)/t15-,16+,17-,19+/m0/s1. The molecule has 1 saturated heterocycles. The maximum atomic E-state index is 17.1. The first-order valence-electron chi connectivity index (χ1n) is 15.9. The Morgan fingerprint density at radius 3 is 2.63 bits per heavy atom. The van der Waals surface area contributed by atoms with Gasteiger partial charge in [0.25, 0.3) is 0 Å². The lowest BCUT2D eigenvalue weighted by Gasteiger charge is -2.37. The zero-order valence-electron chi connectivity index (χ0n) is 27.4. The minimum Gasteiger partial charge on any atom is -0.472 e. The topological polar surface area (TPSA) is 131 Å². The third-order valence-electron chi connectivity index (χ3n) is 9.70. The van der Waals surface area contributed by atoms with Crippen LogP contribution in [-0.2, 0) is 6.18 Å². The van der Waals surface area contributed by atoms with E-state index in [1.54, 1.807) is 18.7 Å². The van der Waals surface area contributed by atoms with E-state index < -0.39 is 52.8 Å². The van der Waals surface area contributed by atoms with Gasteiger partial charge in [0.05, 0.1) is 35.6 Å². The number of benzene rings is 1. The number of aryl methyl sites for hydroxylation is 1. The van der Waals surface area contributed by atoms with Gasteiger partial charge in [0.1, 0.15) is 46.8 Å². The molecule has 2 aliphatic rings. The molecule has 0 amide bonds. The Bertz CT molecular complexity index is 2090. The number of nitrogens with zero attached hydrogens (tertiary/aromatic N) is 7. The quantitative estimate of drug-likeness (QED) is 0.195. The summed E-state index contributed by atoms with van der Waals surface area (Å²) in [4.78, 5) is 21.5. The lowest BCUT2D eigenvalue weighted by atomic mass is 9.94. The Morgan fingerprint density at radius 2 is 1.92 bits per heavy atom. The molecule has 4 aromatic heterocycles. The molecule has 5 aromatic rings. The molecule has 6 heterocycles. The highest BCUT2D eigenvalue weighted by Gasteiger charge is 2.41. The molecule has 49 heavy (non-hydrogen) atoms. The van der Waals surface area contributed by atoms with E-state index in [1.165, 1.54) is 25.3 Å². The highest BCUT2D eigenvalue weighted by Crippen LogP contribution is 2.48. The molecule has 4 atom stereocenters. The minimum atomic E-state index is -4.87. The van der Waals surface area contributed by atoms with Gasteiger partial charge in [-0.05, 0) is 71.8 Å². The van der Waals surface area contributed by atoms with Crippen LogP contribution in [0.25, 0.3) is 33.1 Å². The number of nitrogen functional groups attached to an aromatic ring is 1. The predicted molar refractivity (Wildman–Crippen MR) is 172 cm³/mol. The Hall–Kier alpha value is -4.86. The van der Waals surface area contributed by atoms with Gasteiger partial charge < -0.3 is 25.0 Å². The van der Waals surface area contributed by atoms with Crippen LogP contribution in [0.2, 0.25) is 0 Å². The van der Waals surface area contributed by atoms with Crippen LogP contribution >= 0.6 is 0 Å². The predicted octanol–water partition coefficient (Wildman–Crippen LogP) is 6.36. The fraction of sp³-hybridized carbons (Fsp3) is 0.424. The van der Waals surface area contributed by atoms with E-state index in [-0.39, 0.29) is 63.5 Å². The highest BCUT2D eigenvalue weighted by atomic mass is 19.4. The van der Waals surface area contributed by atoms with Crippen LogP contribution in [0.5, 0.6) is 11.9 Å². The number of halogens is 5. The van der Waals surface area contributed by atoms with Gasteiger partial charge in [-0.25, -0.2) is 18.7 Å². The second kappa shape index (κ2) is 11.9. The summed E-state index contributed by atoms with van der Waals surface area (Å²) in [6.45, 7) is 7.69. The summed E-state index contributed by atoms with van der Waals surface area (Å²) in [5.74, 6) is -1.70. The maximum Gasteiger partial charge on any atom is 0.417 e. The fourth-order valence-corrected chi connectivity index (χ4v) is 6.98. The van der Waals surface area contributed by atoms with Crippen LogP contribution in [0.3, 0.4) is 0 Å². The van der Waals surface area contributed by atoms with E-state index in [1.807, 2.05) is 14.0 Å². The molecular weight excluding hydrogens is 649 g/mol. The first-order chi connectivity index (χ1) is 23.2. The van der Waals surface area contributed by atoms with E-state index in [4.69, 9.17) is 20.2 Å². The first-order valence-corrected chi connectivity index (χ1v) is 15.9. The normalized spacial score (nSPS) is 20.5. The molecule has 11 nitrogen and oxygen atoms in total. The van der Waals surface area contributed by atoms with Crippen molar-refractivity contribution in [2.24, 2.45) is 0 Å². The number of alkyl halides is 3. The average molecular weight is 684 g/mol. The van der Waals surface area contributed by atoms with Crippen molar-refractivity contribution < 1.29 is 31.4 Å². The zero-order chi connectivity index (χ0) is 34.9. The van der Waals surface area contributed by atoms with Crippen LogP contribution in [0.1, 0.15) is 56.3 Å². The summed E-state index contributed by atoms with van der Waals surface area (Å²) in [5.41, 5.74) is 4.13. The number of ether oxygens (including phenoxy) is 2. The average Bonchev–Trinajstić information content (AvgIpc) is 3.67. The van der Waals surface area contributed by atoms with Gasteiger partial charge in [0.2, 0.25) is 5.88 Å². The number of likely N-dealkylation sites (tertiary alicyclic amines) is 1. The monoisotopic (exact) mass is 683 g/mol. The number of hydrogen-bond donors (Lipinski definition) is 2. The molecule has 7 rings (SSSR count). The van der Waals surface area contributed by atoms with Gasteiger partial charge in [-0.15, -0.1) is 0 Å². The molecule has 0 aliphatic carbocycles. The summed E-state index contributed by atoms with van der Waals surface area (Å²) < 4.78 is 88.1. The van der Waals surface area contributed by atoms with Crippen molar-refractivity contribution in [3.8, 4) is 23.1 Å². The largest absolute Gasteiger partial charge is 0.472 e. The first kappa shape index (κ1) is 32.7. The van der Waals surface area contributed by atoms with Crippen molar-refractivity contribution in [3.05, 3.63) is 52.9 Å². The Labute approximate surface area is 277 Å². The van der Waals surface area contributed by atoms with Gasteiger partial charge in [0.15, 0.2) is 5.82 Å². The second-order valence-corrected chi connectivity index (χ2v) is 12.8.